The van der Waals surface area contributed by atoms with Crippen molar-refractivity contribution in [2.75, 3.05) is 4.90 Å². The zero-order valence-corrected chi connectivity index (χ0v) is 38.0. The maximum Gasteiger partial charge on any atom is 0.0714 e. The summed E-state index contributed by atoms with van der Waals surface area (Å²) >= 11 is 0. The Labute approximate surface area is 403 Å². The Morgan fingerprint density at radius 1 is 0.275 bits per heavy atom. The van der Waals surface area contributed by atoms with Gasteiger partial charge in [0.25, 0.3) is 0 Å². The van der Waals surface area contributed by atoms with Crippen LogP contribution in [0.5, 0.6) is 0 Å². The van der Waals surface area contributed by atoms with Gasteiger partial charge in [0.15, 0.2) is 0 Å². The van der Waals surface area contributed by atoms with Crippen molar-refractivity contribution in [1.82, 2.24) is 4.57 Å². The highest BCUT2D eigenvalue weighted by Crippen LogP contribution is 2.56. The van der Waals surface area contributed by atoms with Gasteiger partial charge in [-0.25, -0.2) is 0 Å². The van der Waals surface area contributed by atoms with E-state index in [1.807, 2.05) is 0 Å². The van der Waals surface area contributed by atoms with Gasteiger partial charge in [-0.3, -0.25) is 0 Å². The minimum atomic E-state index is -0.498. The number of anilines is 3. The Hall–Kier alpha value is -8.98. The molecule has 1 aromatic heterocycles. The number of benzene rings is 11. The van der Waals surface area contributed by atoms with Crippen molar-refractivity contribution in [3.8, 4) is 50.2 Å². The van der Waals surface area contributed by atoms with Gasteiger partial charge in [0.1, 0.15) is 0 Å². The monoisotopic (exact) mass is 878 g/mol. The number of para-hydroxylation sites is 1. The normalized spacial score (nSPS) is 12.5. The molecule has 324 valence electrons. The maximum atomic E-state index is 2.48. The Balaban J connectivity index is 0.982. The van der Waals surface area contributed by atoms with Gasteiger partial charge in [0.2, 0.25) is 0 Å². The van der Waals surface area contributed by atoms with Gasteiger partial charge in [-0.05, 0) is 127 Å². The molecule has 1 heterocycles. The summed E-state index contributed by atoms with van der Waals surface area (Å²) in [5.74, 6) is 0. The molecule has 12 aromatic rings. The minimum Gasteiger partial charge on any atom is -0.310 e. The van der Waals surface area contributed by atoms with E-state index in [1.54, 1.807) is 0 Å². The van der Waals surface area contributed by atoms with Gasteiger partial charge in [-0.2, -0.15) is 0 Å². The molecular weight excluding hydrogens is 833 g/mol. The van der Waals surface area contributed by atoms with E-state index in [9.17, 15) is 0 Å². The summed E-state index contributed by atoms with van der Waals surface area (Å²) in [4.78, 5) is 2.40. The van der Waals surface area contributed by atoms with Crippen molar-refractivity contribution in [3.63, 3.8) is 0 Å². The highest BCUT2D eigenvalue weighted by atomic mass is 15.1. The highest BCUT2D eigenvalue weighted by molar-refractivity contribution is 6.10. The van der Waals surface area contributed by atoms with E-state index in [0.717, 1.165) is 33.9 Å². The fourth-order valence-electron chi connectivity index (χ4n) is 11.2. The molecule has 1 aliphatic carbocycles. The van der Waals surface area contributed by atoms with Crippen LogP contribution in [0.4, 0.5) is 17.1 Å². The van der Waals surface area contributed by atoms with Crippen LogP contribution in [0.3, 0.4) is 0 Å². The summed E-state index contributed by atoms with van der Waals surface area (Å²) in [6, 6.07) is 102. The van der Waals surface area contributed by atoms with Gasteiger partial charge in [-0.15, -0.1) is 0 Å². The van der Waals surface area contributed by atoms with E-state index in [0.29, 0.717) is 0 Å². The molecule has 0 saturated heterocycles. The lowest BCUT2D eigenvalue weighted by Crippen LogP contribution is -2.28. The molecule has 0 atom stereocenters. The van der Waals surface area contributed by atoms with Crippen molar-refractivity contribution in [1.29, 1.82) is 0 Å². The third-order valence-corrected chi connectivity index (χ3v) is 14.2. The average molecular weight is 879 g/mol. The van der Waals surface area contributed by atoms with Crippen LogP contribution >= 0.6 is 0 Å². The number of aromatic nitrogens is 1. The van der Waals surface area contributed by atoms with Crippen LogP contribution in [-0.2, 0) is 5.41 Å². The Morgan fingerprint density at radius 2 is 0.725 bits per heavy atom. The molecule has 0 saturated carbocycles. The lowest BCUT2D eigenvalue weighted by molar-refractivity contribution is 0.767. The first-order valence-corrected chi connectivity index (χ1v) is 23.8. The van der Waals surface area contributed by atoms with Crippen molar-refractivity contribution in [2.24, 2.45) is 0 Å². The highest BCUT2D eigenvalue weighted by Gasteiger charge is 2.46. The van der Waals surface area contributed by atoms with E-state index in [1.165, 1.54) is 77.4 Å². The van der Waals surface area contributed by atoms with Gasteiger partial charge < -0.3 is 9.47 Å². The SMILES string of the molecule is c1ccc(-c2cccc(N(c3cccc(-c4ccccc4)c3)c3cccc(-c4ccc5c6ccccc6n(-c6ccc7c(c6)C(c6ccccc6)(c6ccccc6)c6ccccc6-7)c5c4)c3)c2)cc1. The topological polar surface area (TPSA) is 8.17 Å². The minimum absolute atomic E-state index is 0.498. The van der Waals surface area contributed by atoms with Crippen LogP contribution in [0.15, 0.2) is 279 Å². The first-order chi connectivity index (χ1) is 34.2. The number of rotatable bonds is 9. The largest absolute Gasteiger partial charge is 0.310 e. The van der Waals surface area contributed by atoms with E-state index >= 15 is 0 Å². The molecule has 2 nitrogen and oxygen atoms in total. The summed E-state index contributed by atoms with van der Waals surface area (Å²) in [7, 11) is 0. The molecule has 0 aliphatic heterocycles. The number of fused-ring (bicyclic) bond motifs is 6. The molecule has 11 aromatic carbocycles. The van der Waals surface area contributed by atoms with Crippen LogP contribution in [0.25, 0.3) is 72.0 Å². The predicted octanol–water partition coefficient (Wildman–Crippen LogP) is 17.6. The van der Waals surface area contributed by atoms with Gasteiger partial charge in [0.05, 0.1) is 16.4 Å². The van der Waals surface area contributed by atoms with E-state index in [4.69, 9.17) is 0 Å². The average Bonchev–Trinajstić information content (AvgIpc) is 3.92. The molecule has 0 amide bonds. The van der Waals surface area contributed by atoms with Crippen molar-refractivity contribution in [3.05, 3.63) is 301 Å². The van der Waals surface area contributed by atoms with Crippen LogP contribution in [-0.4, -0.2) is 4.57 Å². The fraction of sp³-hybridized carbons (Fsp3) is 0.0149. The van der Waals surface area contributed by atoms with Crippen molar-refractivity contribution >= 4 is 38.9 Å². The third kappa shape index (κ3) is 6.72. The molecule has 0 fully saturated rings. The van der Waals surface area contributed by atoms with E-state index in [-0.39, 0.29) is 0 Å². The van der Waals surface area contributed by atoms with Gasteiger partial charge >= 0.3 is 0 Å². The summed E-state index contributed by atoms with van der Waals surface area (Å²) in [6.45, 7) is 0. The lowest BCUT2D eigenvalue weighted by atomic mass is 9.67. The van der Waals surface area contributed by atoms with Crippen LogP contribution in [0.1, 0.15) is 22.3 Å². The molecule has 2 heteroatoms. The maximum absolute atomic E-state index is 2.48. The molecular formula is C67H46N2. The second kappa shape index (κ2) is 16.7. The molecule has 69 heavy (non-hydrogen) atoms. The zero-order chi connectivity index (χ0) is 45.7. The molecule has 0 unspecified atom stereocenters. The second-order valence-corrected chi connectivity index (χ2v) is 18.1. The quantitative estimate of drug-likeness (QED) is 0.140. The molecule has 1 aliphatic rings. The molecule has 0 radical (unpaired) electrons. The van der Waals surface area contributed by atoms with Crippen LogP contribution in [0.2, 0.25) is 0 Å². The summed E-state index contributed by atoms with van der Waals surface area (Å²) in [5.41, 5.74) is 21.0. The van der Waals surface area contributed by atoms with Crippen molar-refractivity contribution < 1.29 is 0 Å². The molecule has 0 N–H and O–H groups in total. The number of hydrogen-bond donors (Lipinski definition) is 0. The predicted molar refractivity (Wildman–Crippen MR) is 289 cm³/mol. The van der Waals surface area contributed by atoms with E-state index < -0.39 is 5.41 Å². The van der Waals surface area contributed by atoms with E-state index in [2.05, 4.69) is 289 Å². The second-order valence-electron chi connectivity index (χ2n) is 18.1. The molecule has 13 rings (SSSR count). The fourth-order valence-corrected chi connectivity index (χ4v) is 11.2. The summed E-state index contributed by atoms with van der Waals surface area (Å²) < 4.78 is 2.48. The number of hydrogen-bond acceptors (Lipinski definition) is 1. The Morgan fingerprint density at radius 3 is 1.32 bits per heavy atom. The summed E-state index contributed by atoms with van der Waals surface area (Å²) in [6.07, 6.45) is 0. The first kappa shape index (κ1) is 40.3. The third-order valence-electron chi connectivity index (χ3n) is 14.2. The van der Waals surface area contributed by atoms with Gasteiger partial charge in [-0.1, -0.05) is 218 Å². The zero-order valence-electron chi connectivity index (χ0n) is 38.0. The molecule has 0 bridgehead atoms. The van der Waals surface area contributed by atoms with Crippen LogP contribution < -0.4 is 4.90 Å². The van der Waals surface area contributed by atoms with Gasteiger partial charge in [0, 0.05) is 33.5 Å². The van der Waals surface area contributed by atoms with Crippen molar-refractivity contribution in [2.45, 2.75) is 5.41 Å². The Bertz CT molecular complexity index is 3710. The Kier molecular flexibility index (Phi) is 9.77. The number of nitrogens with zero attached hydrogens (tertiary/aromatic N) is 2. The molecule has 0 spiro atoms. The standard InChI is InChI=1S/C67H46N2/c1-5-20-47(21-6-1)49-24-17-31-55(42-49)68(56-32-18-25-50(43-56)48-22-7-2-8-23-48)57-33-19-26-51(44-57)52-38-40-62-61-35-14-16-37-65(61)69(66(62)45-52)58-39-41-60-59-34-13-15-36-63(59)67(64(60)46-58,53-27-9-3-10-28-53)54-29-11-4-12-30-54/h1-46H. The smallest absolute Gasteiger partial charge is 0.0714 e. The lowest BCUT2D eigenvalue weighted by Gasteiger charge is -2.34. The summed E-state index contributed by atoms with van der Waals surface area (Å²) in [5, 5.41) is 2.46. The first-order valence-electron chi connectivity index (χ1n) is 23.8. The van der Waals surface area contributed by atoms with Crippen LogP contribution in [0, 0.1) is 0 Å².